The zero-order chi connectivity index (χ0) is 63.6. The summed E-state index contributed by atoms with van der Waals surface area (Å²) in [6.07, 6.45) is -40.9. The Hall–Kier alpha value is -3.30. The van der Waals surface area contributed by atoms with Crippen LogP contribution < -0.4 is 0 Å². The topological polar surface area (TPSA) is 471 Å². The highest BCUT2D eigenvalue weighted by Crippen LogP contribution is 2.74. The second-order valence-corrected chi connectivity index (χ2v) is 25.4. The van der Waals surface area contributed by atoms with Crippen LogP contribution in [0.3, 0.4) is 0 Å². The van der Waals surface area contributed by atoms with Crippen molar-refractivity contribution in [3.05, 3.63) is 12.2 Å². The maximum Gasteiger partial charge on any atom is 0.314 e. The molecular formula is C56H86O31. The molecule has 31 nitrogen and oxygen atoms in total. The molecule has 31 atom stereocenters. The lowest BCUT2D eigenvalue weighted by Gasteiger charge is -2.64. The van der Waals surface area contributed by atoms with Gasteiger partial charge in [-0.15, -0.1) is 0 Å². The quantitative estimate of drug-likeness (QED) is 0.0263. The van der Waals surface area contributed by atoms with Crippen LogP contribution in [0.15, 0.2) is 12.2 Å². The first-order valence-electron chi connectivity index (χ1n) is 29.6. The standard InChI is InChI=1S/C56H86O31/c1-21-14-55-12-8-30-53(5,10-7-11-54(30,6)52(74)86-50-45(40(73)35(68)28(18-60)81-50)84-48-43(76-23(3)63)38(71)33(66)26(16-58)79-48)31(55)9-13-56(21,20-55)87-51-46(85-49-44(77-24(4)64)39(72)34(67)27(17-59)80-49)41(36(69)29(19-61)82-51)83-47-42(75-22(2)62)37(70)32(65)25(15-57)78-47/h25-51,57-61,65-73H,1,7-20H2,2-6H3/t25?,26?,27?,28?,29?,30-,31-,32?,33?,34?,35?,36?,37?,38?,39?,40?,41?,42?,43?,44?,45?,46?,47?,48?,49?,50?,51?,53+,54+,55+,56-/m0/s1. The van der Waals surface area contributed by atoms with Crippen molar-refractivity contribution in [2.24, 2.45) is 28.1 Å². The molecule has 87 heavy (non-hydrogen) atoms. The summed E-state index contributed by atoms with van der Waals surface area (Å²) < 4.78 is 77.9. The van der Waals surface area contributed by atoms with Crippen molar-refractivity contribution in [3.8, 4) is 0 Å². The van der Waals surface area contributed by atoms with Crippen molar-refractivity contribution in [2.75, 3.05) is 33.0 Å². The molecule has 0 aromatic rings. The van der Waals surface area contributed by atoms with Crippen LogP contribution in [0.5, 0.6) is 0 Å². The highest BCUT2D eigenvalue weighted by atomic mass is 16.8. The highest BCUT2D eigenvalue weighted by molar-refractivity contribution is 5.77. The third-order valence-electron chi connectivity index (χ3n) is 20.0. The van der Waals surface area contributed by atoms with E-state index in [4.69, 9.17) is 61.6 Å². The normalized spacial score (nSPS) is 49.8. The second kappa shape index (κ2) is 26.7. The molecule has 0 radical (unpaired) electrons. The van der Waals surface area contributed by atoms with Crippen molar-refractivity contribution in [2.45, 2.75) is 252 Å². The number of rotatable bonds is 18. The van der Waals surface area contributed by atoms with Crippen molar-refractivity contribution >= 4 is 23.9 Å². The van der Waals surface area contributed by atoms with Crippen molar-refractivity contribution < 1.29 is 152 Å². The van der Waals surface area contributed by atoms with Crippen LogP contribution in [0, 0.1) is 28.1 Å². The first-order valence-corrected chi connectivity index (χ1v) is 29.6. The number of hydrogen-bond acceptors (Lipinski definition) is 31. The lowest BCUT2D eigenvalue weighted by atomic mass is 9.41. The van der Waals surface area contributed by atoms with E-state index >= 15 is 4.79 Å². The summed E-state index contributed by atoms with van der Waals surface area (Å²) in [7, 11) is 0. The van der Waals surface area contributed by atoms with Gasteiger partial charge < -0.3 is 133 Å². The molecule has 14 N–H and O–H groups in total. The Morgan fingerprint density at radius 1 is 0.460 bits per heavy atom. The van der Waals surface area contributed by atoms with Crippen LogP contribution in [0.2, 0.25) is 0 Å². The monoisotopic (exact) mass is 1250 g/mol. The Bertz CT molecular complexity index is 2440. The fraction of sp³-hybridized carbons (Fsp3) is 0.893. The minimum Gasteiger partial charge on any atom is -0.454 e. The SMILES string of the molecule is C=C1C[C@@]23CC[C@H]4[C@@](C)(CCC[C@@]4(C)C(=O)OC4OC(CO)C(O)C(O)C4OC4OC(CO)C(O)C(O)C4OC(C)=O)[C@@H]2CC[C@]1(OC1OC(CO)C(O)C(OC2OC(CO)C(O)C(O)C2OC(C)=O)C1OC1OC(CO)C(O)C(O)C1OC(C)=O)C3. The molecule has 0 aromatic heterocycles. The molecule has 5 heterocycles. The summed E-state index contributed by atoms with van der Waals surface area (Å²) in [5, 5.41) is 152. The molecule has 496 valence electrons. The minimum atomic E-state index is -1.96. The molecule has 5 saturated heterocycles. The number of ether oxygens (including phenoxy) is 13. The van der Waals surface area contributed by atoms with E-state index in [-0.39, 0.29) is 18.3 Å². The van der Waals surface area contributed by atoms with Crippen LogP contribution in [-0.4, -0.2) is 288 Å². The molecule has 31 heteroatoms. The van der Waals surface area contributed by atoms with Gasteiger partial charge in [-0.25, -0.2) is 0 Å². The average molecular weight is 1260 g/mol. The molecule has 4 saturated carbocycles. The Morgan fingerprint density at radius 3 is 1.30 bits per heavy atom. The van der Waals surface area contributed by atoms with Gasteiger partial charge in [0, 0.05) is 20.8 Å². The number of aliphatic hydroxyl groups is 14. The van der Waals surface area contributed by atoms with Crippen molar-refractivity contribution in [1.82, 2.24) is 0 Å². The van der Waals surface area contributed by atoms with E-state index in [9.17, 15) is 85.9 Å². The number of carbonyl (C=O) groups is 4. The fourth-order valence-electron chi connectivity index (χ4n) is 15.9. The number of hydrogen-bond donors (Lipinski definition) is 14. The van der Waals surface area contributed by atoms with Gasteiger partial charge in [0.1, 0.15) is 97.7 Å². The third kappa shape index (κ3) is 12.6. The smallest absolute Gasteiger partial charge is 0.314 e. The van der Waals surface area contributed by atoms with E-state index in [1.807, 2.05) is 0 Å². The van der Waals surface area contributed by atoms with E-state index in [0.717, 1.165) is 20.8 Å². The van der Waals surface area contributed by atoms with Crippen LogP contribution in [0.1, 0.15) is 92.4 Å². The van der Waals surface area contributed by atoms with Gasteiger partial charge in [-0.3, -0.25) is 19.2 Å². The Labute approximate surface area is 499 Å². The summed E-state index contributed by atoms with van der Waals surface area (Å²) in [5.74, 6) is -4.14. The molecular weight excluding hydrogens is 1170 g/mol. The summed E-state index contributed by atoms with van der Waals surface area (Å²) in [5.41, 5.74) is -3.09. The van der Waals surface area contributed by atoms with Gasteiger partial charge in [0.15, 0.2) is 49.6 Å². The summed E-state index contributed by atoms with van der Waals surface area (Å²) in [6, 6.07) is 0. The maximum absolute atomic E-state index is 15.1. The summed E-state index contributed by atoms with van der Waals surface area (Å²) >= 11 is 0. The number of fused-ring (bicyclic) bond motifs is 3. The van der Waals surface area contributed by atoms with Gasteiger partial charge in [-0.2, -0.15) is 0 Å². The van der Waals surface area contributed by atoms with Gasteiger partial charge in [-0.1, -0.05) is 19.9 Å². The lowest BCUT2D eigenvalue weighted by molar-refractivity contribution is -0.400. The number of esters is 4. The fourth-order valence-corrected chi connectivity index (χ4v) is 15.9. The Balaban J connectivity index is 0.999. The van der Waals surface area contributed by atoms with Crippen LogP contribution in [0.25, 0.3) is 0 Å². The first kappa shape index (κ1) is 68.1. The van der Waals surface area contributed by atoms with E-state index in [0.29, 0.717) is 56.9 Å². The molecule has 1 spiro atoms. The lowest BCUT2D eigenvalue weighted by Crippen LogP contribution is -2.68. The maximum atomic E-state index is 15.1. The summed E-state index contributed by atoms with van der Waals surface area (Å²) in [6.45, 7) is 7.11. The second-order valence-electron chi connectivity index (χ2n) is 25.4. The molecule has 25 unspecified atom stereocenters. The van der Waals surface area contributed by atoms with Gasteiger partial charge in [-0.05, 0) is 86.5 Å². The zero-order valence-electron chi connectivity index (χ0n) is 48.9. The third-order valence-corrected chi connectivity index (χ3v) is 20.0. The van der Waals surface area contributed by atoms with Gasteiger partial charge in [0.2, 0.25) is 6.29 Å². The van der Waals surface area contributed by atoms with E-state index in [1.54, 1.807) is 6.92 Å². The molecule has 2 bridgehead atoms. The molecule has 9 aliphatic rings. The van der Waals surface area contributed by atoms with E-state index in [2.05, 4.69) is 13.5 Å². The van der Waals surface area contributed by atoms with Crippen molar-refractivity contribution in [1.29, 1.82) is 0 Å². The molecule has 9 fully saturated rings. The first-order chi connectivity index (χ1) is 41.0. The Kier molecular flexibility index (Phi) is 20.9. The number of aliphatic hydroxyl groups excluding tert-OH is 14. The number of carbonyl (C=O) groups excluding carboxylic acids is 4. The predicted molar refractivity (Wildman–Crippen MR) is 280 cm³/mol. The van der Waals surface area contributed by atoms with Crippen LogP contribution in [-0.2, 0) is 80.8 Å². The van der Waals surface area contributed by atoms with Gasteiger partial charge in [0.05, 0.1) is 44.1 Å². The Morgan fingerprint density at radius 2 is 0.851 bits per heavy atom. The van der Waals surface area contributed by atoms with Crippen LogP contribution >= 0.6 is 0 Å². The predicted octanol–water partition coefficient (Wildman–Crippen LogP) is -5.58. The molecule has 9 rings (SSSR count). The minimum absolute atomic E-state index is 0.124. The van der Waals surface area contributed by atoms with Gasteiger partial charge >= 0.3 is 23.9 Å². The molecule has 0 amide bonds. The van der Waals surface area contributed by atoms with Gasteiger partial charge in [0.25, 0.3) is 0 Å². The molecule has 4 aliphatic carbocycles. The highest BCUT2D eigenvalue weighted by Gasteiger charge is 2.70. The zero-order valence-corrected chi connectivity index (χ0v) is 48.9. The van der Waals surface area contributed by atoms with Crippen molar-refractivity contribution in [3.63, 3.8) is 0 Å². The molecule has 0 aromatic carbocycles. The largest absolute Gasteiger partial charge is 0.454 e. The van der Waals surface area contributed by atoms with E-state index in [1.165, 1.54) is 0 Å². The average Bonchev–Trinajstić information content (AvgIpc) is 1.64. The molecule has 5 aliphatic heterocycles. The van der Waals surface area contributed by atoms with Crippen LogP contribution in [0.4, 0.5) is 0 Å². The summed E-state index contributed by atoms with van der Waals surface area (Å²) in [4.78, 5) is 52.2. The van der Waals surface area contributed by atoms with E-state index < -0.39 is 232 Å².